The molecule has 4 rings (SSSR count). The van der Waals surface area contributed by atoms with Crippen molar-refractivity contribution in [2.24, 2.45) is 0 Å². The number of piperidine rings is 1. The topological polar surface area (TPSA) is 68.5 Å². The second-order valence-electron chi connectivity index (χ2n) is 6.93. The van der Waals surface area contributed by atoms with E-state index < -0.39 is 0 Å². The van der Waals surface area contributed by atoms with Gasteiger partial charge in [-0.05, 0) is 44.0 Å². The largest absolute Gasteiger partial charge is 0.493 e. The highest BCUT2D eigenvalue weighted by Gasteiger charge is 2.29. The van der Waals surface area contributed by atoms with E-state index in [1.165, 1.54) is 0 Å². The lowest BCUT2D eigenvalue weighted by Crippen LogP contribution is -2.38. The summed E-state index contributed by atoms with van der Waals surface area (Å²) in [4.78, 5) is 19.4. The number of ether oxygens (including phenoxy) is 1. The van der Waals surface area contributed by atoms with Crippen LogP contribution in [-0.2, 0) is 0 Å². The molecular weight excluding hydrogens is 390 g/mol. The minimum absolute atomic E-state index is 0.00483. The van der Waals surface area contributed by atoms with Crippen LogP contribution in [0.25, 0.3) is 11.4 Å². The number of hydrogen-bond acceptors (Lipinski definition) is 5. The number of carbonyl (C=O) groups is 1. The molecule has 0 N–H and O–H groups in total. The van der Waals surface area contributed by atoms with E-state index in [1.807, 2.05) is 54.3 Å². The molecule has 1 saturated heterocycles. The molecule has 0 bridgehead atoms. The number of likely N-dealkylation sites (tertiary alicyclic amines) is 1. The first kappa shape index (κ1) is 19.5. The Labute approximate surface area is 174 Å². The van der Waals surface area contributed by atoms with Gasteiger partial charge in [-0.25, -0.2) is 0 Å². The lowest BCUT2D eigenvalue weighted by atomic mass is 9.96. The summed E-state index contributed by atoms with van der Waals surface area (Å²) < 4.78 is 11.1. The molecule has 3 aromatic rings. The SMILES string of the molecule is CCOc1ccccc1C(=O)N1CCC(c2nc(-c3ccccc3Cl)no2)CC1. The zero-order valence-corrected chi connectivity index (χ0v) is 16.9. The van der Waals surface area contributed by atoms with E-state index in [-0.39, 0.29) is 11.8 Å². The van der Waals surface area contributed by atoms with Crippen LogP contribution in [0.15, 0.2) is 53.1 Å². The Morgan fingerprint density at radius 3 is 2.66 bits per heavy atom. The van der Waals surface area contributed by atoms with Gasteiger partial charge < -0.3 is 14.2 Å². The van der Waals surface area contributed by atoms with E-state index >= 15 is 0 Å². The van der Waals surface area contributed by atoms with Gasteiger partial charge in [0.05, 0.1) is 17.2 Å². The maximum atomic E-state index is 12.9. The van der Waals surface area contributed by atoms with Gasteiger partial charge in [0.1, 0.15) is 5.75 Å². The highest BCUT2D eigenvalue weighted by molar-refractivity contribution is 6.33. The van der Waals surface area contributed by atoms with Crippen molar-refractivity contribution < 1.29 is 14.1 Å². The van der Waals surface area contributed by atoms with Crippen molar-refractivity contribution in [3.63, 3.8) is 0 Å². The van der Waals surface area contributed by atoms with Crippen molar-refractivity contribution in [3.05, 3.63) is 65.0 Å². The first-order chi connectivity index (χ1) is 14.2. The zero-order chi connectivity index (χ0) is 20.2. The van der Waals surface area contributed by atoms with Crippen molar-refractivity contribution in [3.8, 4) is 17.1 Å². The van der Waals surface area contributed by atoms with Crippen molar-refractivity contribution >= 4 is 17.5 Å². The lowest BCUT2D eigenvalue weighted by Gasteiger charge is -2.30. The Bertz CT molecular complexity index is 996. The molecule has 0 spiro atoms. The molecule has 0 unspecified atom stereocenters. The number of benzene rings is 2. The number of hydrogen-bond donors (Lipinski definition) is 0. The fourth-order valence-electron chi connectivity index (χ4n) is 3.58. The molecule has 2 heterocycles. The van der Waals surface area contributed by atoms with Gasteiger partial charge in [-0.2, -0.15) is 4.98 Å². The highest BCUT2D eigenvalue weighted by atomic mass is 35.5. The van der Waals surface area contributed by atoms with Gasteiger partial charge >= 0.3 is 0 Å². The Morgan fingerprint density at radius 2 is 1.90 bits per heavy atom. The lowest BCUT2D eigenvalue weighted by molar-refractivity contribution is 0.0700. The Balaban J connectivity index is 1.43. The van der Waals surface area contributed by atoms with Crippen LogP contribution in [0.4, 0.5) is 0 Å². The van der Waals surface area contributed by atoms with Crippen molar-refractivity contribution in [1.82, 2.24) is 15.0 Å². The summed E-state index contributed by atoms with van der Waals surface area (Å²) in [5.41, 5.74) is 1.36. The average molecular weight is 412 g/mol. The maximum Gasteiger partial charge on any atom is 0.257 e. The standard InChI is InChI=1S/C22H22ClN3O3/c1-2-28-19-10-6-4-8-17(19)22(27)26-13-11-15(12-14-26)21-24-20(25-29-21)16-7-3-5-9-18(16)23/h3-10,15H,2,11-14H2,1H3. The summed E-state index contributed by atoms with van der Waals surface area (Å²) in [5, 5.41) is 4.68. The molecule has 6 nitrogen and oxygen atoms in total. The van der Waals surface area contributed by atoms with E-state index in [4.69, 9.17) is 20.9 Å². The van der Waals surface area contributed by atoms with Gasteiger partial charge in [-0.15, -0.1) is 0 Å². The average Bonchev–Trinajstić information content (AvgIpc) is 3.24. The number of para-hydroxylation sites is 1. The molecule has 150 valence electrons. The van der Waals surface area contributed by atoms with Crippen molar-refractivity contribution in [1.29, 1.82) is 0 Å². The van der Waals surface area contributed by atoms with E-state index in [1.54, 1.807) is 6.07 Å². The third kappa shape index (κ3) is 4.12. The third-order valence-electron chi connectivity index (χ3n) is 5.11. The van der Waals surface area contributed by atoms with Gasteiger partial charge in [0.15, 0.2) is 0 Å². The van der Waals surface area contributed by atoms with E-state index in [2.05, 4.69) is 10.1 Å². The Morgan fingerprint density at radius 1 is 1.17 bits per heavy atom. The molecule has 1 fully saturated rings. The molecule has 1 aromatic heterocycles. The van der Waals surface area contributed by atoms with Crippen LogP contribution in [0.3, 0.4) is 0 Å². The summed E-state index contributed by atoms with van der Waals surface area (Å²) in [7, 11) is 0. The van der Waals surface area contributed by atoms with E-state index in [0.717, 1.165) is 18.4 Å². The minimum atomic E-state index is -0.00483. The number of rotatable bonds is 5. The molecule has 2 aromatic carbocycles. The van der Waals surface area contributed by atoms with Crippen LogP contribution in [-0.4, -0.2) is 40.6 Å². The minimum Gasteiger partial charge on any atom is -0.493 e. The molecule has 1 aliphatic rings. The second-order valence-corrected chi connectivity index (χ2v) is 7.34. The molecule has 29 heavy (non-hydrogen) atoms. The molecule has 0 radical (unpaired) electrons. The van der Waals surface area contributed by atoms with Gasteiger partial charge in [0, 0.05) is 24.6 Å². The zero-order valence-electron chi connectivity index (χ0n) is 16.2. The van der Waals surface area contributed by atoms with E-state index in [9.17, 15) is 4.79 Å². The molecular formula is C22H22ClN3O3. The van der Waals surface area contributed by atoms with Crippen molar-refractivity contribution in [2.45, 2.75) is 25.7 Å². The number of nitrogens with zero attached hydrogens (tertiary/aromatic N) is 3. The summed E-state index contributed by atoms with van der Waals surface area (Å²) >= 11 is 6.23. The van der Waals surface area contributed by atoms with Crippen LogP contribution >= 0.6 is 11.6 Å². The van der Waals surface area contributed by atoms with Crippen LogP contribution < -0.4 is 4.74 Å². The fraction of sp³-hybridized carbons (Fsp3) is 0.318. The maximum absolute atomic E-state index is 12.9. The normalized spacial score (nSPS) is 14.8. The smallest absolute Gasteiger partial charge is 0.257 e. The third-order valence-corrected chi connectivity index (χ3v) is 5.43. The Kier molecular flexibility index (Phi) is 5.81. The predicted molar refractivity (Wildman–Crippen MR) is 110 cm³/mol. The highest BCUT2D eigenvalue weighted by Crippen LogP contribution is 2.31. The Hall–Kier alpha value is -2.86. The number of amides is 1. The van der Waals surface area contributed by atoms with Gasteiger partial charge in [0.25, 0.3) is 5.91 Å². The van der Waals surface area contributed by atoms with Gasteiger partial charge in [-0.1, -0.05) is 41.0 Å². The molecule has 1 amide bonds. The summed E-state index contributed by atoms with van der Waals surface area (Å²) in [5.74, 6) is 1.85. The van der Waals surface area contributed by atoms with Gasteiger partial charge in [-0.3, -0.25) is 4.79 Å². The monoisotopic (exact) mass is 411 g/mol. The van der Waals surface area contributed by atoms with Crippen LogP contribution in [0.1, 0.15) is 41.9 Å². The fourth-order valence-corrected chi connectivity index (χ4v) is 3.80. The molecule has 0 atom stereocenters. The molecule has 0 saturated carbocycles. The summed E-state index contributed by atoms with van der Waals surface area (Å²) in [6, 6.07) is 14.8. The van der Waals surface area contributed by atoms with Crippen LogP contribution in [0.2, 0.25) is 5.02 Å². The predicted octanol–water partition coefficient (Wildman–Crippen LogP) is 4.81. The van der Waals surface area contributed by atoms with Crippen LogP contribution in [0, 0.1) is 0 Å². The first-order valence-electron chi connectivity index (χ1n) is 9.77. The second kappa shape index (κ2) is 8.66. The van der Waals surface area contributed by atoms with Crippen LogP contribution in [0.5, 0.6) is 5.75 Å². The molecule has 0 aliphatic carbocycles. The first-order valence-corrected chi connectivity index (χ1v) is 10.1. The molecule has 1 aliphatic heterocycles. The van der Waals surface area contributed by atoms with Gasteiger partial charge in [0.2, 0.25) is 11.7 Å². The van der Waals surface area contributed by atoms with Crippen molar-refractivity contribution in [2.75, 3.05) is 19.7 Å². The quantitative estimate of drug-likeness (QED) is 0.602. The summed E-state index contributed by atoms with van der Waals surface area (Å²) in [6.45, 7) is 3.70. The summed E-state index contributed by atoms with van der Waals surface area (Å²) in [6.07, 6.45) is 1.54. The number of halogens is 1. The number of aromatic nitrogens is 2. The molecule has 7 heteroatoms. The van der Waals surface area contributed by atoms with E-state index in [0.29, 0.717) is 47.7 Å². The number of carbonyl (C=O) groups excluding carboxylic acids is 1.